The molecule has 17 heavy (non-hydrogen) atoms. The van der Waals surface area contributed by atoms with Gasteiger partial charge in [0.1, 0.15) is 0 Å². The summed E-state index contributed by atoms with van der Waals surface area (Å²) in [5.41, 5.74) is 3.03. The van der Waals surface area contributed by atoms with Crippen LogP contribution in [0.15, 0.2) is 0 Å². The van der Waals surface area contributed by atoms with Gasteiger partial charge in [-0.1, -0.05) is 26.2 Å². The zero-order valence-corrected chi connectivity index (χ0v) is 11.4. The molecular weight excluding hydrogens is 212 g/mol. The highest BCUT2D eigenvalue weighted by atomic mass is 16.5. The number of nitrogens with two attached hydrogens (primary N) is 1. The molecule has 2 fully saturated rings. The minimum Gasteiger partial charge on any atom is -0.374 e. The van der Waals surface area contributed by atoms with Crippen LogP contribution >= 0.6 is 0 Å². The van der Waals surface area contributed by atoms with E-state index in [1.54, 1.807) is 0 Å². The van der Waals surface area contributed by atoms with E-state index in [1.807, 2.05) is 0 Å². The Kier molecular flexibility index (Phi) is 4.45. The fraction of sp³-hybridized carbons (Fsp3) is 1.00. The predicted molar refractivity (Wildman–Crippen MR) is 70.4 cm³/mol. The zero-order chi connectivity index (χ0) is 12.3. The third-order valence-electron chi connectivity index (χ3n) is 5.03. The van der Waals surface area contributed by atoms with E-state index in [2.05, 4.69) is 19.3 Å². The lowest BCUT2D eigenvalue weighted by Gasteiger charge is -2.41. The Morgan fingerprint density at radius 1 is 1.35 bits per heavy atom. The number of hydrogen-bond donors (Lipinski definition) is 2. The molecule has 0 spiro atoms. The Labute approximate surface area is 105 Å². The molecule has 2 atom stereocenters. The standard InChI is InChI=1S/C14H28N2O/c1-3-11-5-7-12(8-6-11)13(16-15)14(2)9-4-10-17-14/h11-13,16H,3-10,15H2,1-2H3. The molecule has 1 saturated heterocycles. The van der Waals surface area contributed by atoms with E-state index < -0.39 is 0 Å². The van der Waals surface area contributed by atoms with Gasteiger partial charge in [-0.25, -0.2) is 0 Å². The summed E-state index contributed by atoms with van der Waals surface area (Å²) in [4.78, 5) is 0. The van der Waals surface area contributed by atoms with Crippen molar-refractivity contribution >= 4 is 0 Å². The molecule has 1 saturated carbocycles. The molecule has 1 aliphatic carbocycles. The largest absolute Gasteiger partial charge is 0.374 e. The van der Waals surface area contributed by atoms with Gasteiger partial charge >= 0.3 is 0 Å². The quantitative estimate of drug-likeness (QED) is 0.586. The molecule has 0 bridgehead atoms. The lowest BCUT2D eigenvalue weighted by Crippen LogP contribution is -2.56. The van der Waals surface area contributed by atoms with E-state index in [-0.39, 0.29) is 5.60 Å². The topological polar surface area (TPSA) is 47.3 Å². The molecule has 0 radical (unpaired) electrons. The van der Waals surface area contributed by atoms with Gasteiger partial charge in [0.15, 0.2) is 0 Å². The zero-order valence-electron chi connectivity index (χ0n) is 11.4. The molecule has 3 nitrogen and oxygen atoms in total. The fourth-order valence-corrected chi connectivity index (χ4v) is 3.79. The fourth-order valence-electron chi connectivity index (χ4n) is 3.79. The normalized spacial score (nSPS) is 40.4. The van der Waals surface area contributed by atoms with Gasteiger partial charge in [0.2, 0.25) is 0 Å². The Hall–Kier alpha value is -0.120. The summed E-state index contributed by atoms with van der Waals surface area (Å²) < 4.78 is 5.96. The maximum absolute atomic E-state index is 5.96. The maximum Gasteiger partial charge on any atom is 0.0823 e. The maximum atomic E-state index is 5.96. The molecule has 2 rings (SSSR count). The second-order valence-electron chi connectivity index (χ2n) is 6.10. The van der Waals surface area contributed by atoms with Gasteiger partial charge in [0, 0.05) is 6.61 Å². The molecule has 0 aromatic heterocycles. The first kappa shape index (κ1) is 13.3. The van der Waals surface area contributed by atoms with Crippen LogP contribution in [0, 0.1) is 11.8 Å². The van der Waals surface area contributed by atoms with Gasteiger partial charge in [0.05, 0.1) is 11.6 Å². The summed E-state index contributed by atoms with van der Waals surface area (Å²) in [6.07, 6.45) is 9.03. The van der Waals surface area contributed by atoms with Crippen molar-refractivity contribution in [1.82, 2.24) is 5.43 Å². The Balaban J connectivity index is 1.95. The third-order valence-corrected chi connectivity index (χ3v) is 5.03. The van der Waals surface area contributed by atoms with Crippen molar-refractivity contribution in [3.05, 3.63) is 0 Å². The van der Waals surface area contributed by atoms with Crippen molar-refractivity contribution in [2.45, 2.75) is 70.4 Å². The highest BCUT2D eigenvalue weighted by molar-refractivity contribution is 4.96. The highest BCUT2D eigenvalue weighted by Crippen LogP contribution is 2.39. The second-order valence-corrected chi connectivity index (χ2v) is 6.10. The molecule has 3 N–H and O–H groups in total. The van der Waals surface area contributed by atoms with Crippen LogP contribution in [0.4, 0.5) is 0 Å². The van der Waals surface area contributed by atoms with Crippen LogP contribution in [0.5, 0.6) is 0 Å². The number of hydrazine groups is 1. The van der Waals surface area contributed by atoms with Gasteiger partial charge in [-0.3, -0.25) is 11.3 Å². The smallest absolute Gasteiger partial charge is 0.0823 e. The molecule has 0 amide bonds. The molecule has 3 heteroatoms. The van der Waals surface area contributed by atoms with Crippen LogP contribution in [-0.4, -0.2) is 18.2 Å². The molecule has 1 heterocycles. The monoisotopic (exact) mass is 240 g/mol. The van der Waals surface area contributed by atoms with Crippen LogP contribution in [0.2, 0.25) is 0 Å². The van der Waals surface area contributed by atoms with Crippen molar-refractivity contribution in [3.8, 4) is 0 Å². The summed E-state index contributed by atoms with van der Waals surface area (Å²) in [7, 11) is 0. The molecule has 100 valence electrons. The minimum absolute atomic E-state index is 0.0293. The first-order valence-electron chi connectivity index (χ1n) is 7.29. The molecular formula is C14H28N2O. The summed E-state index contributed by atoms with van der Waals surface area (Å²) >= 11 is 0. The van der Waals surface area contributed by atoms with Crippen molar-refractivity contribution in [2.24, 2.45) is 17.7 Å². The van der Waals surface area contributed by atoms with E-state index in [4.69, 9.17) is 10.6 Å². The average Bonchev–Trinajstić information content (AvgIpc) is 2.78. The molecule has 2 aliphatic rings. The van der Waals surface area contributed by atoms with E-state index >= 15 is 0 Å². The van der Waals surface area contributed by atoms with Crippen molar-refractivity contribution in [3.63, 3.8) is 0 Å². The summed E-state index contributed by atoms with van der Waals surface area (Å²) in [5, 5.41) is 0. The van der Waals surface area contributed by atoms with Crippen LogP contribution in [0.3, 0.4) is 0 Å². The summed E-state index contributed by atoms with van der Waals surface area (Å²) in [5.74, 6) is 7.45. The lowest BCUT2D eigenvalue weighted by molar-refractivity contribution is -0.0359. The highest BCUT2D eigenvalue weighted by Gasteiger charge is 2.42. The first-order valence-corrected chi connectivity index (χ1v) is 7.29. The van der Waals surface area contributed by atoms with E-state index in [0.29, 0.717) is 12.0 Å². The van der Waals surface area contributed by atoms with Gasteiger partial charge < -0.3 is 4.74 Å². The predicted octanol–water partition coefficient (Wildman–Crippen LogP) is 2.60. The second kappa shape index (κ2) is 5.68. The lowest BCUT2D eigenvalue weighted by atomic mass is 9.73. The van der Waals surface area contributed by atoms with Crippen molar-refractivity contribution in [2.75, 3.05) is 6.61 Å². The van der Waals surface area contributed by atoms with Crippen LogP contribution in [0.1, 0.15) is 58.8 Å². The Bertz CT molecular complexity index is 230. The van der Waals surface area contributed by atoms with Gasteiger partial charge in [-0.15, -0.1) is 0 Å². The number of nitrogens with one attached hydrogen (secondary N) is 1. The molecule has 1 aliphatic heterocycles. The van der Waals surface area contributed by atoms with E-state index in [9.17, 15) is 0 Å². The molecule has 0 aromatic carbocycles. The van der Waals surface area contributed by atoms with Crippen LogP contribution < -0.4 is 11.3 Å². The number of hydrogen-bond acceptors (Lipinski definition) is 3. The Morgan fingerprint density at radius 2 is 2.06 bits per heavy atom. The number of ether oxygens (including phenoxy) is 1. The summed E-state index contributed by atoms with van der Waals surface area (Å²) in [6.45, 7) is 5.44. The van der Waals surface area contributed by atoms with Crippen LogP contribution in [0.25, 0.3) is 0 Å². The van der Waals surface area contributed by atoms with Crippen molar-refractivity contribution < 1.29 is 4.74 Å². The summed E-state index contributed by atoms with van der Waals surface area (Å²) in [6, 6.07) is 0.336. The Morgan fingerprint density at radius 3 is 2.53 bits per heavy atom. The average molecular weight is 240 g/mol. The number of rotatable bonds is 4. The molecule has 0 aromatic rings. The van der Waals surface area contributed by atoms with Crippen molar-refractivity contribution in [1.29, 1.82) is 0 Å². The molecule has 2 unspecified atom stereocenters. The first-order chi connectivity index (χ1) is 8.19. The van der Waals surface area contributed by atoms with Gasteiger partial charge in [0.25, 0.3) is 0 Å². The van der Waals surface area contributed by atoms with E-state index in [0.717, 1.165) is 18.9 Å². The van der Waals surface area contributed by atoms with E-state index in [1.165, 1.54) is 38.5 Å². The third kappa shape index (κ3) is 2.83. The van der Waals surface area contributed by atoms with Gasteiger partial charge in [-0.05, 0) is 44.4 Å². The van der Waals surface area contributed by atoms with Gasteiger partial charge in [-0.2, -0.15) is 0 Å². The SMILES string of the molecule is CCC1CCC(C(NN)C2(C)CCCO2)CC1. The van der Waals surface area contributed by atoms with Crippen LogP contribution in [-0.2, 0) is 4.74 Å². The minimum atomic E-state index is -0.0293.